The Kier molecular flexibility index (Phi) is 4.66. The Hall–Kier alpha value is -0.0700. The number of halogens is 1. The predicted molar refractivity (Wildman–Crippen MR) is 73.4 cm³/mol. The SMILES string of the molecule is CN1CCCCC1CNCc1ccc(I)o1. The van der Waals surface area contributed by atoms with E-state index in [0.29, 0.717) is 6.04 Å². The maximum Gasteiger partial charge on any atom is 0.164 e. The zero-order valence-electron chi connectivity index (χ0n) is 9.71. The fourth-order valence-corrected chi connectivity index (χ4v) is 2.67. The zero-order valence-corrected chi connectivity index (χ0v) is 11.9. The van der Waals surface area contributed by atoms with Crippen LogP contribution in [0.1, 0.15) is 25.0 Å². The predicted octanol–water partition coefficient (Wildman–Crippen LogP) is 2.46. The first-order valence-corrected chi connectivity index (χ1v) is 6.99. The lowest BCUT2D eigenvalue weighted by Crippen LogP contribution is -2.42. The lowest BCUT2D eigenvalue weighted by atomic mass is 10.0. The molecule has 1 aliphatic heterocycles. The van der Waals surface area contributed by atoms with Crippen molar-refractivity contribution in [3.63, 3.8) is 0 Å². The molecule has 0 amide bonds. The standard InChI is InChI=1S/C12H19IN2O/c1-15-7-3-2-4-10(15)8-14-9-11-5-6-12(13)16-11/h5-6,10,14H,2-4,7-9H2,1H3. The highest BCUT2D eigenvalue weighted by Gasteiger charge is 2.17. The molecule has 1 unspecified atom stereocenters. The monoisotopic (exact) mass is 334 g/mol. The van der Waals surface area contributed by atoms with E-state index in [1.807, 2.05) is 12.1 Å². The Balaban J connectivity index is 1.71. The van der Waals surface area contributed by atoms with Gasteiger partial charge in [0.25, 0.3) is 0 Å². The Bertz CT molecular complexity index is 327. The highest BCUT2D eigenvalue weighted by Crippen LogP contribution is 2.14. The fourth-order valence-electron chi connectivity index (χ4n) is 2.21. The van der Waals surface area contributed by atoms with Gasteiger partial charge in [-0.15, -0.1) is 0 Å². The molecule has 1 saturated heterocycles. The van der Waals surface area contributed by atoms with Crippen molar-refractivity contribution in [3.05, 3.63) is 21.7 Å². The van der Waals surface area contributed by atoms with Gasteiger partial charge in [-0.25, -0.2) is 0 Å². The van der Waals surface area contributed by atoms with E-state index in [0.717, 1.165) is 22.6 Å². The van der Waals surface area contributed by atoms with Crippen LogP contribution in [0, 0.1) is 3.77 Å². The maximum atomic E-state index is 5.51. The Labute approximate surface area is 111 Å². The van der Waals surface area contributed by atoms with Gasteiger partial charge >= 0.3 is 0 Å². The third-order valence-electron chi connectivity index (χ3n) is 3.23. The smallest absolute Gasteiger partial charge is 0.164 e. The van der Waals surface area contributed by atoms with Gasteiger partial charge in [0.15, 0.2) is 3.77 Å². The molecule has 16 heavy (non-hydrogen) atoms. The van der Waals surface area contributed by atoms with Gasteiger partial charge < -0.3 is 14.6 Å². The van der Waals surface area contributed by atoms with Crippen LogP contribution in [0.4, 0.5) is 0 Å². The van der Waals surface area contributed by atoms with Crippen LogP contribution in [0.25, 0.3) is 0 Å². The zero-order chi connectivity index (χ0) is 11.4. The van der Waals surface area contributed by atoms with Crippen LogP contribution in [-0.4, -0.2) is 31.1 Å². The number of rotatable bonds is 4. The van der Waals surface area contributed by atoms with Crippen LogP contribution in [0.15, 0.2) is 16.5 Å². The quantitative estimate of drug-likeness (QED) is 0.858. The molecule has 1 atom stereocenters. The molecule has 90 valence electrons. The molecule has 3 nitrogen and oxygen atoms in total. The first-order valence-electron chi connectivity index (χ1n) is 5.91. The van der Waals surface area contributed by atoms with Crippen LogP contribution < -0.4 is 5.32 Å². The van der Waals surface area contributed by atoms with E-state index in [1.165, 1.54) is 25.8 Å². The van der Waals surface area contributed by atoms with Crippen molar-refractivity contribution < 1.29 is 4.42 Å². The van der Waals surface area contributed by atoms with E-state index >= 15 is 0 Å². The summed E-state index contributed by atoms with van der Waals surface area (Å²) in [5.74, 6) is 1.03. The number of nitrogens with one attached hydrogen (secondary N) is 1. The Morgan fingerprint density at radius 2 is 2.38 bits per heavy atom. The lowest BCUT2D eigenvalue weighted by molar-refractivity contribution is 0.180. The summed E-state index contributed by atoms with van der Waals surface area (Å²) in [5.41, 5.74) is 0. The molecule has 0 radical (unpaired) electrons. The van der Waals surface area contributed by atoms with Crippen LogP contribution >= 0.6 is 22.6 Å². The molecule has 0 saturated carbocycles. The minimum Gasteiger partial charge on any atom is -0.454 e. The molecule has 2 heterocycles. The highest BCUT2D eigenvalue weighted by atomic mass is 127. The third-order valence-corrected chi connectivity index (χ3v) is 3.81. The van der Waals surface area contributed by atoms with Crippen molar-refractivity contribution in [3.8, 4) is 0 Å². The minimum absolute atomic E-state index is 0.697. The van der Waals surface area contributed by atoms with Gasteiger partial charge in [-0.3, -0.25) is 0 Å². The summed E-state index contributed by atoms with van der Waals surface area (Å²) in [6, 6.07) is 4.74. The summed E-state index contributed by atoms with van der Waals surface area (Å²) in [6.45, 7) is 3.14. The van der Waals surface area contributed by atoms with Crippen LogP contribution in [0.2, 0.25) is 0 Å². The van der Waals surface area contributed by atoms with Crippen LogP contribution in [0.3, 0.4) is 0 Å². The second kappa shape index (κ2) is 6.02. The van der Waals surface area contributed by atoms with E-state index in [9.17, 15) is 0 Å². The molecule has 1 fully saturated rings. The second-order valence-corrected chi connectivity index (χ2v) is 5.53. The summed E-state index contributed by atoms with van der Waals surface area (Å²) >= 11 is 2.20. The average Bonchev–Trinajstić information content (AvgIpc) is 2.67. The molecular weight excluding hydrogens is 315 g/mol. The number of piperidine rings is 1. The van der Waals surface area contributed by atoms with Crippen LogP contribution in [-0.2, 0) is 6.54 Å². The number of hydrogen-bond acceptors (Lipinski definition) is 3. The first-order chi connectivity index (χ1) is 7.75. The van der Waals surface area contributed by atoms with E-state index in [4.69, 9.17) is 4.42 Å². The van der Waals surface area contributed by atoms with Crippen molar-refractivity contribution >= 4 is 22.6 Å². The molecule has 1 N–H and O–H groups in total. The first kappa shape index (κ1) is 12.4. The summed E-state index contributed by atoms with van der Waals surface area (Å²) in [6.07, 6.45) is 4.04. The van der Waals surface area contributed by atoms with E-state index in [1.54, 1.807) is 0 Å². The number of hydrogen-bond donors (Lipinski definition) is 1. The topological polar surface area (TPSA) is 28.4 Å². The summed E-state index contributed by atoms with van der Waals surface area (Å²) in [4.78, 5) is 2.46. The molecule has 0 aromatic carbocycles. The third kappa shape index (κ3) is 3.46. The van der Waals surface area contributed by atoms with Gasteiger partial charge in [0.05, 0.1) is 6.54 Å². The van der Waals surface area contributed by atoms with E-state index < -0.39 is 0 Å². The van der Waals surface area contributed by atoms with Gasteiger partial charge in [0, 0.05) is 12.6 Å². The Morgan fingerprint density at radius 3 is 3.06 bits per heavy atom. The summed E-state index contributed by atoms with van der Waals surface area (Å²) in [5, 5.41) is 3.48. The second-order valence-electron chi connectivity index (χ2n) is 4.47. The number of furan rings is 1. The lowest BCUT2D eigenvalue weighted by Gasteiger charge is -2.32. The fraction of sp³-hybridized carbons (Fsp3) is 0.667. The van der Waals surface area contributed by atoms with Gasteiger partial charge in [0.2, 0.25) is 0 Å². The molecule has 0 bridgehead atoms. The minimum atomic E-state index is 0.697. The Morgan fingerprint density at radius 1 is 1.50 bits per heavy atom. The molecule has 1 aromatic rings. The summed E-state index contributed by atoms with van der Waals surface area (Å²) in [7, 11) is 2.22. The van der Waals surface area contributed by atoms with Crippen LogP contribution in [0.5, 0.6) is 0 Å². The molecule has 0 aliphatic carbocycles. The summed E-state index contributed by atoms with van der Waals surface area (Å²) < 4.78 is 6.47. The maximum absolute atomic E-state index is 5.51. The number of likely N-dealkylation sites (N-methyl/N-ethyl adjacent to an activating group) is 1. The van der Waals surface area contributed by atoms with Gasteiger partial charge in [-0.05, 0) is 61.2 Å². The molecule has 0 spiro atoms. The normalized spacial score (nSPS) is 22.5. The average molecular weight is 334 g/mol. The molecule has 4 heteroatoms. The van der Waals surface area contributed by atoms with E-state index in [2.05, 4.69) is 39.9 Å². The van der Waals surface area contributed by atoms with Gasteiger partial charge in [-0.2, -0.15) is 0 Å². The largest absolute Gasteiger partial charge is 0.454 e. The number of likely N-dealkylation sites (tertiary alicyclic amines) is 1. The van der Waals surface area contributed by atoms with Crippen molar-refractivity contribution in [1.82, 2.24) is 10.2 Å². The molecule has 1 aliphatic rings. The molecule has 1 aromatic heterocycles. The van der Waals surface area contributed by atoms with Crippen molar-refractivity contribution in [2.75, 3.05) is 20.1 Å². The highest BCUT2D eigenvalue weighted by molar-refractivity contribution is 14.1. The van der Waals surface area contributed by atoms with Crippen molar-refractivity contribution in [2.24, 2.45) is 0 Å². The molecule has 2 rings (SSSR count). The van der Waals surface area contributed by atoms with Crippen molar-refractivity contribution in [2.45, 2.75) is 31.8 Å². The molecular formula is C12H19IN2O. The van der Waals surface area contributed by atoms with E-state index in [-0.39, 0.29) is 0 Å². The number of nitrogens with zero attached hydrogens (tertiary/aromatic N) is 1. The van der Waals surface area contributed by atoms with Gasteiger partial charge in [-0.1, -0.05) is 6.42 Å². The van der Waals surface area contributed by atoms with Gasteiger partial charge in [0.1, 0.15) is 5.76 Å². The van der Waals surface area contributed by atoms with Crippen molar-refractivity contribution in [1.29, 1.82) is 0 Å².